The zero-order chi connectivity index (χ0) is 19.7. The van der Waals surface area contributed by atoms with Crippen molar-refractivity contribution in [3.05, 3.63) is 35.4 Å². The minimum absolute atomic E-state index is 0. The minimum atomic E-state index is -4.16. The second-order valence-electron chi connectivity index (χ2n) is 7.24. The quantitative estimate of drug-likeness (QED) is 0.320. The van der Waals surface area contributed by atoms with E-state index in [2.05, 4.69) is 33.5 Å². The molecule has 0 bridgehead atoms. The molecule has 1 aliphatic rings. The highest BCUT2D eigenvalue weighted by Gasteiger charge is 2.26. The van der Waals surface area contributed by atoms with Gasteiger partial charge in [0.05, 0.1) is 13.0 Å². The van der Waals surface area contributed by atoms with Gasteiger partial charge in [-0.3, -0.25) is 4.90 Å². The van der Waals surface area contributed by atoms with Crippen LogP contribution in [0.3, 0.4) is 0 Å². The van der Waals surface area contributed by atoms with E-state index in [1.165, 1.54) is 18.4 Å². The number of aliphatic imine (C=N–C) groups is 1. The summed E-state index contributed by atoms with van der Waals surface area (Å²) in [5.74, 6) is 1.14. The fraction of sp³-hybridized carbons (Fsp3) is 0.650. The lowest BCUT2D eigenvalue weighted by Gasteiger charge is -2.31. The lowest BCUT2D eigenvalue weighted by Crippen LogP contribution is -2.39. The summed E-state index contributed by atoms with van der Waals surface area (Å²) in [7, 11) is 0. The maximum absolute atomic E-state index is 12.3. The molecule has 1 unspecified atom stereocenters. The van der Waals surface area contributed by atoms with Crippen LogP contribution in [0.15, 0.2) is 29.3 Å². The van der Waals surface area contributed by atoms with Crippen LogP contribution in [0.1, 0.15) is 44.2 Å². The molecule has 0 aromatic heterocycles. The molecule has 4 nitrogen and oxygen atoms in total. The molecule has 1 aromatic rings. The average molecular weight is 512 g/mol. The molecule has 2 N–H and O–H groups in total. The van der Waals surface area contributed by atoms with Crippen molar-refractivity contribution in [2.75, 3.05) is 26.2 Å². The summed E-state index contributed by atoms with van der Waals surface area (Å²) in [4.78, 5) is 6.96. The first-order valence-electron chi connectivity index (χ1n) is 9.75. The van der Waals surface area contributed by atoms with E-state index in [9.17, 15) is 13.2 Å². The fourth-order valence-corrected chi connectivity index (χ4v) is 3.37. The molecule has 0 spiro atoms. The number of halogens is 4. The standard InChI is InChI=1S/C20H31F3N4.HI/c1-3-24-19(25-11-10-20(21,22)23)26-13-17-8-4-5-9-18(17)15-27-12-6-7-16(2)14-27;/h4-5,8-9,16H,3,6-7,10-15H2,1-2H3,(H2,24,25,26);1H. The van der Waals surface area contributed by atoms with Crippen molar-refractivity contribution in [3.8, 4) is 0 Å². The number of alkyl halides is 3. The van der Waals surface area contributed by atoms with E-state index in [4.69, 9.17) is 0 Å². The molecule has 1 saturated heterocycles. The molecule has 0 radical (unpaired) electrons. The van der Waals surface area contributed by atoms with Crippen molar-refractivity contribution >= 4 is 29.9 Å². The van der Waals surface area contributed by atoms with Crippen LogP contribution < -0.4 is 10.6 Å². The number of benzene rings is 1. The summed E-state index contributed by atoms with van der Waals surface area (Å²) in [6.07, 6.45) is -2.52. The van der Waals surface area contributed by atoms with E-state index < -0.39 is 12.6 Å². The summed E-state index contributed by atoms with van der Waals surface area (Å²) in [5.41, 5.74) is 2.35. The van der Waals surface area contributed by atoms with Gasteiger partial charge < -0.3 is 10.6 Å². The van der Waals surface area contributed by atoms with Crippen LogP contribution in [-0.4, -0.2) is 43.2 Å². The molecule has 1 atom stereocenters. The molecule has 1 fully saturated rings. The topological polar surface area (TPSA) is 39.7 Å². The molecule has 1 aliphatic heterocycles. The Balaban J connectivity index is 0.00000392. The number of likely N-dealkylation sites (tertiary alicyclic amines) is 1. The summed E-state index contributed by atoms with van der Waals surface area (Å²) in [6, 6.07) is 8.18. The summed E-state index contributed by atoms with van der Waals surface area (Å²) in [5, 5.41) is 5.77. The van der Waals surface area contributed by atoms with Gasteiger partial charge in [0.1, 0.15) is 0 Å². The summed E-state index contributed by atoms with van der Waals surface area (Å²) < 4.78 is 37.0. The van der Waals surface area contributed by atoms with Crippen LogP contribution in [0, 0.1) is 5.92 Å². The first-order valence-corrected chi connectivity index (χ1v) is 9.75. The average Bonchev–Trinajstić information content (AvgIpc) is 2.60. The third kappa shape index (κ3) is 9.45. The van der Waals surface area contributed by atoms with Crippen molar-refractivity contribution in [1.29, 1.82) is 0 Å². The zero-order valence-electron chi connectivity index (χ0n) is 16.7. The molecule has 160 valence electrons. The van der Waals surface area contributed by atoms with E-state index in [1.54, 1.807) is 0 Å². The monoisotopic (exact) mass is 512 g/mol. The van der Waals surface area contributed by atoms with Crippen LogP contribution in [0.5, 0.6) is 0 Å². The van der Waals surface area contributed by atoms with Gasteiger partial charge in [0.25, 0.3) is 0 Å². The van der Waals surface area contributed by atoms with Crippen LogP contribution in [0.2, 0.25) is 0 Å². The van der Waals surface area contributed by atoms with Crippen molar-refractivity contribution in [1.82, 2.24) is 15.5 Å². The van der Waals surface area contributed by atoms with E-state index in [0.29, 0.717) is 19.0 Å². The van der Waals surface area contributed by atoms with Gasteiger partial charge >= 0.3 is 6.18 Å². The Morgan fingerprint density at radius 3 is 2.57 bits per heavy atom. The van der Waals surface area contributed by atoms with Crippen molar-refractivity contribution in [3.63, 3.8) is 0 Å². The number of rotatable bonds is 7. The van der Waals surface area contributed by atoms with Gasteiger partial charge in [-0.25, -0.2) is 4.99 Å². The number of nitrogens with one attached hydrogen (secondary N) is 2. The number of guanidine groups is 1. The van der Waals surface area contributed by atoms with Gasteiger partial charge in [-0.05, 0) is 43.4 Å². The van der Waals surface area contributed by atoms with Crippen LogP contribution in [0.4, 0.5) is 13.2 Å². The third-order valence-electron chi connectivity index (χ3n) is 4.71. The Labute approximate surface area is 183 Å². The van der Waals surface area contributed by atoms with Crippen molar-refractivity contribution in [2.24, 2.45) is 10.9 Å². The molecule has 28 heavy (non-hydrogen) atoms. The lowest BCUT2D eigenvalue weighted by molar-refractivity contribution is -0.132. The molecule has 0 amide bonds. The molecule has 1 heterocycles. The number of hydrogen-bond donors (Lipinski definition) is 2. The molecule has 8 heteroatoms. The number of nitrogens with zero attached hydrogens (tertiary/aromatic N) is 2. The Hall–Kier alpha value is -1.03. The van der Waals surface area contributed by atoms with Gasteiger partial charge in [-0.2, -0.15) is 13.2 Å². The molecular formula is C20H32F3IN4. The zero-order valence-corrected chi connectivity index (χ0v) is 19.0. The van der Waals surface area contributed by atoms with Gasteiger partial charge in [-0.15, -0.1) is 24.0 Å². The molecule has 0 saturated carbocycles. The van der Waals surface area contributed by atoms with E-state index in [0.717, 1.165) is 31.1 Å². The van der Waals surface area contributed by atoms with E-state index >= 15 is 0 Å². The molecule has 0 aliphatic carbocycles. The first kappa shape index (κ1) is 25.0. The van der Waals surface area contributed by atoms with Crippen molar-refractivity contribution in [2.45, 2.75) is 52.4 Å². The maximum atomic E-state index is 12.3. The summed E-state index contributed by atoms with van der Waals surface area (Å²) in [6.45, 7) is 8.18. The van der Waals surface area contributed by atoms with E-state index in [-0.39, 0.29) is 30.5 Å². The molecular weight excluding hydrogens is 480 g/mol. The Bertz CT molecular complexity index is 607. The van der Waals surface area contributed by atoms with Gasteiger partial charge in [0.15, 0.2) is 5.96 Å². The predicted octanol–water partition coefficient (Wildman–Crippen LogP) is 4.54. The van der Waals surface area contributed by atoms with E-state index in [1.807, 2.05) is 25.1 Å². The maximum Gasteiger partial charge on any atom is 0.390 e. The number of piperidine rings is 1. The Kier molecular flexibility index (Phi) is 11.2. The van der Waals surface area contributed by atoms with Crippen molar-refractivity contribution < 1.29 is 13.2 Å². The van der Waals surface area contributed by atoms with Gasteiger partial charge in [0.2, 0.25) is 0 Å². The second-order valence-corrected chi connectivity index (χ2v) is 7.24. The summed E-state index contributed by atoms with van der Waals surface area (Å²) >= 11 is 0. The van der Waals surface area contributed by atoms with Crippen LogP contribution in [-0.2, 0) is 13.1 Å². The highest BCUT2D eigenvalue weighted by atomic mass is 127. The van der Waals surface area contributed by atoms with Crippen LogP contribution >= 0.6 is 24.0 Å². The van der Waals surface area contributed by atoms with Gasteiger partial charge in [0, 0.05) is 26.2 Å². The largest absolute Gasteiger partial charge is 0.390 e. The third-order valence-corrected chi connectivity index (χ3v) is 4.71. The SMILES string of the molecule is CCNC(=NCc1ccccc1CN1CCCC(C)C1)NCCC(F)(F)F.I. The fourth-order valence-electron chi connectivity index (χ4n) is 3.37. The Morgan fingerprint density at radius 2 is 1.93 bits per heavy atom. The lowest BCUT2D eigenvalue weighted by atomic mass is 9.99. The highest BCUT2D eigenvalue weighted by Crippen LogP contribution is 2.20. The smallest absolute Gasteiger partial charge is 0.357 e. The van der Waals surface area contributed by atoms with Gasteiger partial charge in [-0.1, -0.05) is 31.2 Å². The molecule has 1 aromatic carbocycles. The van der Waals surface area contributed by atoms with Crippen LogP contribution in [0.25, 0.3) is 0 Å². The highest BCUT2D eigenvalue weighted by molar-refractivity contribution is 14.0. The Morgan fingerprint density at radius 1 is 1.21 bits per heavy atom. The first-order chi connectivity index (χ1) is 12.9. The second kappa shape index (κ2) is 12.5. The minimum Gasteiger partial charge on any atom is -0.357 e. The molecule has 2 rings (SSSR count). The predicted molar refractivity (Wildman–Crippen MR) is 119 cm³/mol. The normalized spacial score (nSPS) is 18.5. The number of hydrogen-bond acceptors (Lipinski definition) is 2.